The van der Waals surface area contributed by atoms with Crippen LogP contribution >= 0.6 is 11.3 Å². The molecule has 0 bridgehead atoms. The maximum Gasteiger partial charge on any atom is 0.129 e. The first-order chi connectivity index (χ1) is 7.81. The lowest BCUT2D eigenvalue weighted by Crippen LogP contribution is -2.21. The van der Waals surface area contributed by atoms with Crippen molar-refractivity contribution < 1.29 is 4.74 Å². The Kier molecular flexibility index (Phi) is 6.50. The van der Waals surface area contributed by atoms with Gasteiger partial charge < -0.3 is 10.1 Å². The van der Waals surface area contributed by atoms with Gasteiger partial charge in [0.1, 0.15) is 5.75 Å². The number of unbranched alkanes of at least 4 members (excludes halogenated alkanes) is 1. The van der Waals surface area contributed by atoms with Gasteiger partial charge in [0.2, 0.25) is 0 Å². The zero-order valence-electron chi connectivity index (χ0n) is 10.6. The summed E-state index contributed by atoms with van der Waals surface area (Å²) in [5.41, 5.74) is 0. The number of rotatable bonds is 8. The predicted molar refractivity (Wildman–Crippen MR) is 71.4 cm³/mol. The lowest BCUT2D eigenvalue weighted by atomic mass is 10.1. The van der Waals surface area contributed by atoms with E-state index in [9.17, 15) is 0 Å². The molecule has 0 aliphatic heterocycles. The number of hydrogen-bond donors (Lipinski definition) is 1. The quantitative estimate of drug-likeness (QED) is 0.743. The number of nitrogens with one attached hydrogen (secondary N) is 1. The monoisotopic (exact) mass is 241 g/mol. The van der Waals surface area contributed by atoms with Crippen molar-refractivity contribution in [3.05, 3.63) is 16.3 Å². The molecule has 0 aliphatic carbocycles. The van der Waals surface area contributed by atoms with E-state index < -0.39 is 0 Å². The Morgan fingerprint density at radius 2 is 2.19 bits per heavy atom. The molecule has 0 amide bonds. The van der Waals surface area contributed by atoms with Crippen LogP contribution in [0.1, 0.15) is 50.4 Å². The van der Waals surface area contributed by atoms with Crippen molar-refractivity contribution in [1.82, 2.24) is 5.32 Å². The van der Waals surface area contributed by atoms with Crippen molar-refractivity contribution in [2.24, 2.45) is 0 Å². The second-order valence-corrected chi connectivity index (χ2v) is 4.98. The highest BCUT2D eigenvalue weighted by Gasteiger charge is 2.12. The normalized spacial score (nSPS) is 12.7. The second-order valence-electron chi connectivity index (χ2n) is 4.04. The summed E-state index contributed by atoms with van der Waals surface area (Å²) in [7, 11) is 1.73. The van der Waals surface area contributed by atoms with Crippen molar-refractivity contribution in [1.29, 1.82) is 0 Å². The fraction of sp³-hybridized carbons (Fsp3) is 0.692. The molecule has 0 saturated carbocycles. The van der Waals surface area contributed by atoms with Gasteiger partial charge in [0.15, 0.2) is 0 Å². The molecule has 0 fully saturated rings. The number of methoxy groups -OCH3 is 1. The minimum Gasteiger partial charge on any atom is -0.496 e. The van der Waals surface area contributed by atoms with Gasteiger partial charge in [-0.1, -0.05) is 26.7 Å². The van der Waals surface area contributed by atoms with Gasteiger partial charge in [0.05, 0.1) is 7.11 Å². The third-order valence-electron chi connectivity index (χ3n) is 2.66. The van der Waals surface area contributed by atoms with Gasteiger partial charge in [-0.15, -0.1) is 11.3 Å². The minimum absolute atomic E-state index is 0.508. The maximum atomic E-state index is 5.24. The first kappa shape index (κ1) is 13.5. The Bertz CT molecular complexity index is 277. The molecule has 0 radical (unpaired) electrons. The van der Waals surface area contributed by atoms with Crippen LogP contribution in [0.3, 0.4) is 0 Å². The van der Waals surface area contributed by atoms with E-state index in [1.807, 2.05) is 0 Å². The molecule has 3 heteroatoms. The highest BCUT2D eigenvalue weighted by molar-refractivity contribution is 7.10. The summed E-state index contributed by atoms with van der Waals surface area (Å²) in [5, 5.41) is 5.70. The van der Waals surface area contributed by atoms with Crippen molar-refractivity contribution in [2.75, 3.05) is 13.7 Å². The molecule has 1 aromatic rings. The largest absolute Gasteiger partial charge is 0.496 e. The fourth-order valence-corrected chi connectivity index (χ4v) is 2.66. The minimum atomic E-state index is 0.508. The lowest BCUT2D eigenvalue weighted by Gasteiger charge is -2.16. The summed E-state index contributed by atoms with van der Waals surface area (Å²) in [5.74, 6) is 0.986. The summed E-state index contributed by atoms with van der Waals surface area (Å²) >= 11 is 1.80. The molecular weight excluding hydrogens is 218 g/mol. The van der Waals surface area contributed by atoms with Crippen LogP contribution in [-0.4, -0.2) is 13.7 Å². The van der Waals surface area contributed by atoms with E-state index in [1.165, 1.54) is 30.6 Å². The molecule has 16 heavy (non-hydrogen) atoms. The topological polar surface area (TPSA) is 21.3 Å². The Hall–Kier alpha value is -0.540. The number of hydrogen-bond acceptors (Lipinski definition) is 3. The summed E-state index contributed by atoms with van der Waals surface area (Å²) < 4.78 is 5.24. The van der Waals surface area contributed by atoms with Crippen LogP contribution in [0.2, 0.25) is 0 Å². The molecule has 1 aromatic heterocycles. The number of ether oxygens (including phenoxy) is 1. The van der Waals surface area contributed by atoms with Crippen LogP contribution in [0.25, 0.3) is 0 Å². The van der Waals surface area contributed by atoms with Crippen LogP contribution in [-0.2, 0) is 0 Å². The van der Waals surface area contributed by atoms with E-state index in [4.69, 9.17) is 4.74 Å². The summed E-state index contributed by atoms with van der Waals surface area (Å²) in [6, 6.07) is 2.67. The Morgan fingerprint density at radius 3 is 2.75 bits per heavy atom. The first-order valence-electron chi connectivity index (χ1n) is 6.17. The molecule has 1 N–H and O–H groups in total. The molecule has 0 saturated heterocycles. The standard InChI is InChI=1S/C13H23NOS/c1-4-6-7-12(14-8-5-2)13-9-11(15-3)10-16-13/h9-10,12,14H,4-8H2,1-3H3. The highest BCUT2D eigenvalue weighted by atomic mass is 32.1. The van der Waals surface area contributed by atoms with E-state index >= 15 is 0 Å². The van der Waals surface area contributed by atoms with Crippen molar-refractivity contribution in [2.45, 2.75) is 45.6 Å². The van der Waals surface area contributed by atoms with Gasteiger partial charge in [0, 0.05) is 16.3 Å². The average molecular weight is 241 g/mol. The van der Waals surface area contributed by atoms with Crippen LogP contribution in [0, 0.1) is 0 Å². The number of thiophene rings is 1. The van der Waals surface area contributed by atoms with Crippen LogP contribution in [0.15, 0.2) is 11.4 Å². The van der Waals surface area contributed by atoms with Crippen molar-refractivity contribution in [3.8, 4) is 5.75 Å². The molecule has 1 atom stereocenters. The summed E-state index contributed by atoms with van der Waals surface area (Å²) in [6.07, 6.45) is 4.94. The molecule has 1 unspecified atom stereocenters. The molecular formula is C13H23NOS. The zero-order valence-corrected chi connectivity index (χ0v) is 11.4. The van der Waals surface area contributed by atoms with E-state index in [0.29, 0.717) is 6.04 Å². The van der Waals surface area contributed by atoms with Gasteiger partial charge >= 0.3 is 0 Å². The van der Waals surface area contributed by atoms with Gasteiger partial charge in [-0.05, 0) is 25.5 Å². The Morgan fingerprint density at radius 1 is 1.38 bits per heavy atom. The fourth-order valence-electron chi connectivity index (χ4n) is 1.70. The van der Waals surface area contributed by atoms with E-state index in [1.54, 1.807) is 18.4 Å². The Labute approximate surface area is 103 Å². The molecule has 0 aliphatic rings. The van der Waals surface area contributed by atoms with Gasteiger partial charge in [-0.2, -0.15) is 0 Å². The maximum absolute atomic E-state index is 5.24. The Balaban J connectivity index is 2.58. The third kappa shape index (κ3) is 4.14. The second kappa shape index (κ2) is 7.69. The van der Waals surface area contributed by atoms with Crippen LogP contribution in [0.5, 0.6) is 5.75 Å². The SMILES string of the molecule is CCCCC(NCCC)c1cc(OC)cs1. The predicted octanol–water partition coefficient (Wildman–Crippen LogP) is 3.99. The molecule has 2 nitrogen and oxygen atoms in total. The zero-order chi connectivity index (χ0) is 11.8. The van der Waals surface area contributed by atoms with Crippen LogP contribution < -0.4 is 10.1 Å². The van der Waals surface area contributed by atoms with Crippen molar-refractivity contribution in [3.63, 3.8) is 0 Å². The van der Waals surface area contributed by atoms with Crippen LogP contribution in [0.4, 0.5) is 0 Å². The van der Waals surface area contributed by atoms with Crippen molar-refractivity contribution >= 4 is 11.3 Å². The first-order valence-corrected chi connectivity index (χ1v) is 7.05. The smallest absolute Gasteiger partial charge is 0.129 e. The van der Waals surface area contributed by atoms with Gasteiger partial charge in [-0.25, -0.2) is 0 Å². The molecule has 0 spiro atoms. The van der Waals surface area contributed by atoms with Gasteiger partial charge in [-0.3, -0.25) is 0 Å². The lowest BCUT2D eigenvalue weighted by molar-refractivity contribution is 0.415. The third-order valence-corrected chi connectivity index (χ3v) is 3.69. The average Bonchev–Trinajstić information content (AvgIpc) is 2.78. The molecule has 0 aromatic carbocycles. The summed E-state index contributed by atoms with van der Waals surface area (Å²) in [4.78, 5) is 1.40. The molecule has 92 valence electrons. The summed E-state index contributed by atoms with van der Waals surface area (Å²) in [6.45, 7) is 5.54. The van der Waals surface area contributed by atoms with E-state index in [2.05, 4.69) is 30.6 Å². The highest BCUT2D eigenvalue weighted by Crippen LogP contribution is 2.29. The van der Waals surface area contributed by atoms with E-state index in [-0.39, 0.29) is 0 Å². The molecule has 1 heterocycles. The van der Waals surface area contributed by atoms with E-state index in [0.717, 1.165) is 12.3 Å². The molecule has 1 rings (SSSR count). The van der Waals surface area contributed by atoms with Gasteiger partial charge in [0.25, 0.3) is 0 Å².